The predicted octanol–water partition coefficient (Wildman–Crippen LogP) is 4.80. The van der Waals surface area contributed by atoms with Crippen molar-refractivity contribution in [3.8, 4) is 23.0 Å². The molecule has 3 aromatic carbocycles. The van der Waals surface area contributed by atoms with Crippen LogP contribution in [0, 0.1) is 0 Å². The molecule has 9 nitrogen and oxygen atoms in total. The number of hydrogen-bond donors (Lipinski definition) is 1. The minimum absolute atomic E-state index is 0.0890. The number of nitrogens with one attached hydrogen (secondary N) is 1. The molecule has 0 aliphatic carbocycles. The number of ether oxygens (including phenoxy) is 5. The van der Waals surface area contributed by atoms with E-state index in [0.717, 1.165) is 16.4 Å². The van der Waals surface area contributed by atoms with Gasteiger partial charge in [-0.25, -0.2) is 4.79 Å². The highest BCUT2D eigenvalue weighted by Gasteiger charge is 2.25. The summed E-state index contributed by atoms with van der Waals surface area (Å²) in [6.45, 7) is 1.46. The molecule has 0 radical (unpaired) electrons. The van der Waals surface area contributed by atoms with E-state index in [0.29, 0.717) is 28.5 Å². The van der Waals surface area contributed by atoms with Crippen LogP contribution < -0.4 is 24.3 Å². The van der Waals surface area contributed by atoms with Gasteiger partial charge in [0.25, 0.3) is 5.91 Å². The minimum Gasteiger partial charge on any atom is -0.496 e. The number of fused-ring (bicyclic) bond motifs is 3. The summed E-state index contributed by atoms with van der Waals surface area (Å²) in [5, 5.41) is 4.54. The average Bonchev–Trinajstić information content (AvgIpc) is 3.24. The zero-order valence-electron chi connectivity index (χ0n) is 20.0. The molecule has 1 atom stereocenters. The Bertz CT molecular complexity index is 1410. The van der Waals surface area contributed by atoms with Gasteiger partial charge in [0, 0.05) is 29.0 Å². The van der Waals surface area contributed by atoms with Crippen LogP contribution in [0.4, 0.5) is 5.69 Å². The van der Waals surface area contributed by atoms with Gasteiger partial charge in [0.2, 0.25) is 0 Å². The van der Waals surface area contributed by atoms with Crippen molar-refractivity contribution in [3.63, 3.8) is 0 Å². The molecule has 0 aliphatic rings. The molecule has 1 aromatic heterocycles. The fourth-order valence-electron chi connectivity index (χ4n) is 3.72. The molecule has 0 bridgehead atoms. The highest BCUT2D eigenvalue weighted by atomic mass is 16.6. The van der Waals surface area contributed by atoms with Crippen molar-refractivity contribution in [2.45, 2.75) is 13.0 Å². The van der Waals surface area contributed by atoms with Gasteiger partial charge in [-0.05, 0) is 19.1 Å². The standard InChI is InChI=1S/C26H25NO8/c1-14(34-26(29)17-11-23(32-4)24(33-5)13-20(17)30-2)25(28)27-18-12-21-16(10-22(18)31-3)15-8-6-7-9-19(15)35-21/h6-14H,1-5H3,(H,27,28). The number of anilines is 1. The van der Waals surface area contributed by atoms with Crippen molar-refractivity contribution >= 4 is 39.5 Å². The third-order valence-electron chi connectivity index (χ3n) is 5.54. The number of para-hydroxylation sites is 1. The van der Waals surface area contributed by atoms with Crippen molar-refractivity contribution in [1.82, 2.24) is 0 Å². The molecule has 1 heterocycles. The van der Waals surface area contributed by atoms with Crippen LogP contribution in [0.1, 0.15) is 17.3 Å². The van der Waals surface area contributed by atoms with Crippen LogP contribution in [-0.2, 0) is 9.53 Å². The lowest BCUT2D eigenvalue weighted by Gasteiger charge is -2.17. The van der Waals surface area contributed by atoms with E-state index < -0.39 is 18.0 Å². The maximum Gasteiger partial charge on any atom is 0.342 e. The largest absolute Gasteiger partial charge is 0.496 e. The van der Waals surface area contributed by atoms with E-state index in [-0.39, 0.29) is 11.3 Å². The van der Waals surface area contributed by atoms with Crippen molar-refractivity contribution in [1.29, 1.82) is 0 Å². The summed E-state index contributed by atoms with van der Waals surface area (Å²) in [7, 11) is 5.83. The number of hydrogen-bond acceptors (Lipinski definition) is 8. The number of methoxy groups -OCH3 is 4. The van der Waals surface area contributed by atoms with Crippen LogP contribution in [-0.4, -0.2) is 46.4 Å². The first-order valence-corrected chi connectivity index (χ1v) is 10.7. The molecule has 35 heavy (non-hydrogen) atoms. The molecule has 0 fully saturated rings. The lowest BCUT2D eigenvalue weighted by atomic mass is 10.1. The molecule has 1 unspecified atom stereocenters. The highest BCUT2D eigenvalue weighted by Crippen LogP contribution is 2.37. The first-order valence-electron chi connectivity index (χ1n) is 10.7. The molecule has 182 valence electrons. The van der Waals surface area contributed by atoms with E-state index in [1.54, 1.807) is 12.1 Å². The zero-order valence-corrected chi connectivity index (χ0v) is 20.0. The number of furan rings is 1. The highest BCUT2D eigenvalue weighted by molar-refractivity contribution is 6.08. The average molecular weight is 479 g/mol. The molecule has 1 amide bonds. The third kappa shape index (κ3) is 4.52. The number of benzene rings is 3. The Morgan fingerprint density at radius 3 is 2.11 bits per heavy atom. The van der Waals surface area contributed by atoms with Crippen LogP contribution >= 0.6 is 0 Å². The summed E-state index contributed by atoms with van der Waals surface area (Å²) < 4.78 is 32.5. The molecule has 4 rings (SSSR count). The van der Waals surface area contributed by atoms with Crippen LogP contribution in [0.5, 0.6) is 23.0 Å². The summed E-state index contributed by atoms with van der Waals surface area (Å²) in [6.07, 6.45) is -1.13. The Kier molecular flexibility index (Phi) is 6.68. The molecule has 1 N–H and O–H groups in total. The minimum atomic E-state index is -1.13. The summed E-state index contributed by atoms with van der Waals surface area (Å²) in [5.41, 5.74) is 1.78. The van der Waals surface area contributed by atoms with Gasteiger partial charge in [0.05, 0.1) is 34.1 Å². The second-order valence-corrected chi connectivity index (χ2v) is 7.59. The van der Waals surface area contributed by atoms with Crippen molar-refractivity contribution in [3.05, 3.63) is 54.1 Å². The Morgan fingerprint density at radius 2 is 1.43 bits per heavy atom. The first-order chi connectivity index (χ1) is 16.9. The smallest absolute Gasteiger partial charge is 0.342 e. The van der Waals surface area contributed by atoms with Gasteiger partial charge in [0.1, 0.15) is 28.2 Å². The van der Waals surface area contributed by atoms with E-state index >= 15 is 0 Å². The normalized spacial score (nSPS) is 11.7. The maximum atomic E-state index is 12.9. The van der Waals surface area contributed by atoms with Crippen molar-refractivity contribution in [2.24, 2.45) is 0 Å². The van der Waals surface area contributed by atoms with E-state index in [9.17, 15) is 9.59 Å². The summed E-state index contributed by atoms with van der Waals surface area (Å²) in [6, 6.07) is 14.0. The number of amides is 1. The molecule has 0 spiro atoms. The fourth-order valence-corrected chi connectivity index (χ4v) is 3.72. The topological polar surface area (TPSA) is 105 Å². The van der Waals surface area contributed by atoms with Crippen LogP contribution in [0.3, 0.4) is 0 Å². The number of carbonyl (C=O) groups is 2. The van der Waals surface area contributed by atoms with Gasteiger partial charge in [-0.2, -0.15) is 0 Å². The fraction of sp³-hybridized carbons (Fsp3) is 0.231. The lowest BCUT2D eigenvalue weighted by Crippen LogP contribution is -2.30. The van der Waals surface area contributed by atoms with Crippen LogP contribution in [0.25, 0.3) is 21.9 Å². The lowest BCUT2D eigenvalue weighted by molar-refractivity contribution is -0.123. The van der Waals surface area contributed by atoms with Crippen LogP contribution in [0.2, 0.25) is 0 Å². The van der Waals surface area contributed by atoms with Gasteiger partial charge < -0.3 is 33.4 Å². The van der Waals surface area contributed by atoms with Crippen molar-refractivity contribution < 1.29 is 37.7 Å². The third-order valence-corrected chi connectivity index (χ3v) is 5.54. The molecular formula is C26H25NO8. The summed E-state index contributed by atoms with van der Waals surface area (Å²) in [5.74, 6) is 0.0625. The molecule has 0 saturated heterocycles. The summed E-state index contributed by atoms with van der Waals surface area (Å²) >= 11 is 0. The van der Waals surface area contributed by atoms with E-state index in [2.05, 4.69) is 5.32 Å². The Labute approximate surface area is 201 Å². The van der Waals surface area contributed by atoms with Gasteiger partial charge in [-0.3, -0.25) is 4.79 Å². The summed E-state index contributed by atoms with van der Waals surface area (Å²) in [4.78, 5) is 25.7. The zero-order chi connectivity index (χ0) is 25.1. The first kappa shape index (κ1) is 23.7. The monoisotopic (exact) mass is 479 g/mol. The maximum absolute atomic E-state index is 12.9. The second-order valence-electron chi connectivity index (χ2n) is 7.59. The Hall–Kier alpha value is -4.40. The number of rotatable bonds is 8. The second kappa shape index (κ2) is 9.84. The molecular weight excluding hydrogens is 454 g/mol. The number of esters is 1. The molecule has 0 saturated carbocycles. The van der Waals surface area contributed by atoms with Gasteiger partial charge in [-0.1, -0.05) is 18.2 Å². The Balaban J connectivity index is 1.56. The quantitative estimate of drug-likeness (QED) is 0.359. The van der Waals surface area contributed by atoms with Gasteiger partial charge >= 0.3 is 5.97 Å². The van der Waals surface area contributed by atoms with Crippen LogP contribution in [0.15, 0.2) is 52.9 Å². The SMILES string of the molecule is COc1cc2c(cc1NC(=O)C(C)OC(=O)c1cc(OC)c(OC)cc1OC)oc1ccccc12. The van der Waals surface area contributed by atoms with E-state index in [1.165, 1.54) is 47.5 Å². The molecule has 0 aliphatic heterocycles. The van der Waals surface area contributed by atoms with Gasteiger partial charge in [0.15, 0.2) is 17.6 Å². The Morgan fingerprint density at radius 1 is 0.771 bits per heavy atom. The molecule has 4 aromatic rings. The van der Waals surface area contributed by atoms with E-state index in [4.69, 9.17) is 28.1 Å². The molecule has 9 heteroatoms. The van der Waals surface area contributed by atoms with Crippen molar-refractivity contribution in [2.75, 3.05) is 33.8 Å². The van der Waals surface area contributed by atoms with Gasteiger partial charge in [-0.15, -0.1) is 0 Å². The number of carbonyl (C=O) groups excluding carboxylic acids is 2. The van der Waals surface area contributed by atoms with E-state index in [1.807, 2.05) is 24.3 Å². The predicted molar refractivity (Wildman–Crippen MR) is 130 cm³/mol.